The van der Waals surface area contributed by atoms with E-state index in [1.165, 1.54) is 35.3 Å². The molecule has 1 aromatic heterocycles. The van der Waals surface area contributed by atoms with Gasteiger partial charge in [0.15, 0.2) is 0 Å². The zero-order valence-electron chi connectivity index (χ0n) is 13.5. The molecule has 0 fully saturated rings. The summed E-state index contributed by atoms with van der Waals surface area (Å²) < 4.78 is 0. The summed E-state index contributed by atoms with van der Waals surface area (Å²) in [5.74, 6) is 0.677. The maximum atomic E-state index is 5.06. The van der Waals surface area contributed by atoms with Crippen LogP contribution in [0, 0.1) is 0 Å². The fourth-order valence-electron chi connectivity index (χ4n) is 3.42. The van der Waals surface area contributed by atoms with E-state index < -0.39 is 0 Å². The van der Waals surface area contributed by atoms with Crippen molar-refractivity contribution in [2.75, 3.05) is 20.1 Å². The monoisotopic (exact) mass is 365 g/mol. The van der Waals surface area contributed by atoms with E-state index in [0.717, 1.165) is 19.5 Å². The van der Waals surface area contributed by atoms with Crippen LogP contribution in [0.5, 0.6) is 0 Å². The Morgan fingerprint density at radius 1 is 1.35 bits per heavy atom. The number of aryl methyl sites for hydroxylation is 1. The van der Waals surface area contributed by atoms with Crippen molar-refractivity contribution in [1.29, 1.82) is 0 Å². The van der Waals surface area contributed by atoms with Crippen molar-refractivity contribution in [1.82, 2.24) is 4.90 Å². The Hall–Kier alpha value is -0.740. The molecule has 23 heavy (non-hydrogen) atoms. The van der Waals surface area contributed by atoms with Gasteiger partial charge in [0.25, 0.3) is 0 Å². The minimum Gasteiger partial charge on any atom is -0.305 e. The zero-order valence-corrected chi connectivity index (χ0v) is 16.0. The SMILES string of the molecule is CN(CCc1cccs1)CC1CCCc2cc(C=S)ccc21.Cl. The molecule has 4 heteroatoms. The van der Waals surface area contributed by atoms with Crippen LogP contribution in [0.2, 0.25) is 0 Å². The van der Waals surface area contributed by atoms with Crippen LogP contribution in [0.1, 0.15) is 40.3 Å². The first-order chi connectivity index (χ1) is 10.8. The molecular formula is C19H24ClNS2. The third-order valence-corrected chi connectivity index (χ3v) is 5.80. The summed E-state index contributed by atoms with van der Waals surface area (Å²) in [7, 11) is 2.26. The van der Waals surface area contributed by atoms with E-state index in [0.29, 0.717) is 5.92 Å². The number of fused-ring (bicyclic) bond motifs is 1. The van der Waals surface area contributed by atoms with Gasteiger partial charge in [0, 0.05) is 23.3 Å². The topological polar surface area (TPSA) is 3.24 Å². The van der Waals surface area contributed by atoms with Gasteiger partial charge in [-0.25, -0.2) is 0 Å². The molecule has 0 bridgehead atoms. The van der Waals surface area contributed by atoms with E-state index in [9.17, 15) is 0 Å². The Kier molecular flexibility index (Phi) is 7.22. The molecule has 124 valence electrons. The van der Waals surface area contributed by atoms with Crippen molar-refractivity contribution in [2.45, 2.75) is 31.6 Å². The van der Waals surface area contributed by atoms with E-state index in [4.69, 9.17) is 12.2 Å². The van der Waals surface area contributed by atoms with E-state index in [1.807, 2.05) is 11.3 Å². The summed E-state index contributed by atoms with van der Waals surface area (Å²) in [5.41, 5.74) is 4.25. The second-order valence-electron chi connectivity index (χ2n) is 6.26. The average molecular weight is 366 g/mol. The molecular weight excluding hydrogens is 342 g/mol. The molecule has 2 aromatic rings. The van der Waals surface area contributed by atoms with Gasteiger partial charge in [0.1, 0.15) is 0 Å². The molecule has 1 aliphatic carbocycles. The number of benzene rings is 1. The van der Waals surface area contributed by atoms with Gasteiger partial charge in [-0.3, -0.25) is 0 Å². The zero-order chi connectivity index (χ0) is 15.4. The fraction of sp³-hybridized carbons (Fsp3) is 0.421. The summed E-state index contributed by atoms with van der Waals surface area (Å²) in [6.07, 6.45) is 4.99. The molecule has 0 spiro atoms. The summed E-state index contributed by atoms with van der Waals surface area (Å²) in [4.78, 5) is 3.98. The van der Waals surface area contributed by atoms with Crippen LogP contribution >= 0.6 is 36.0 Å². The number of thiophene rings is 1. The van der Waals surface area contributed by atoms with Crippen molar-refractivity contribution in [3.8, 4) is 0 Å². The number of thiocarbonyl (C=S) groups is 1. The smallest absolute Gasteiger partial charge is 0.00862 e. The van der Waals surface area contributed by atoms with Crippen LogP contribution in [-0.4, -0.2) is 30.4 Å². The van der Waals surface area contributed by atoms with Crippen LogP contribution in [0.15, 0.2) is 35.7 Å². The fourth-order valence-corrected chi connectivity index (χ4v) is 4.27. The standard InChI is InChI=1S/C19H23NS2.ClH/c1-20(10-9-18-6-3-11-22-18)13-17-5-2-4-16-12-15(14-21)7-8-19(16)17;/h3,6-8,11-12,14,17H,2,4-5,9-10,13H2,1H3;1H. The van der Waals surface area contributed by atoms with Gasteiger partial charge in [0.05, 0.1) is 0 Å². The number of rotatable bonds is 6. The highest BCUT2D eigenvalue weighted by Gasteiger charge is 2.21. The quantitative estimate of drug-likeness (QED) is 0.654. The predicted octanol–water partition coefficient (Wildman–Crippen LogP) is 5.11. The molecule has 1 unspecified atom stereocenters. The first-order valence-electron chi connectivity index (χ1n) is 8.05. The van der Waals surface area contributed by atoms with E-state index >= 15 is 0 Å². The van der Waals surface area contributed by atoms with Gasteiger partial charge in [-0.15, -0.1) is 23.7 Å². The third-order valence-electron chi connectivity index (χ3n) is 4.59. The molecule has 0 aliphatic heterocycles. The number of hydrogen-bond donors (Lipinski definition) is 0. The Morgan fingerprint density at radius 2 is 2.22 bits per heavy atom. The lowest BCUT2D eigenvalue weighted by Gasteiger charge is -2.29. The molecule has 0 saturated carbocycles. The molecule has 0 N–H and O–H groups in total. The lowest BCUT2D eigenvalue weighted by Crippen LogP contribution is -2.28. The normalized spacial score (nSPS) is 16.7. The van der Waals surface area contributed by atoms with Crippen molar-refractivity contribution >= 4 is 41.3 Å². The van der Waals surface area contributed by atoms with Gasteiger partial charge < -0.3 is 4.90 Å². The summed E-state index contributed by atoms with van der Waals surface area (Å²) in [6.45, 7) is 2.31. The van der Waals surface area contributed by atoms with Crippen LogP contribution in [0.25, 0.3) is 0 Å². The van der Waals surface area contributed by atoms with Gasteiger partial charge in [0.2, 0.25) is 0 Å². The lowest BCUT2D eigenvalue weighted by atomic mass is 9.82. The Labute approximate surface area is 155 Å². The largest absolute Gasteiger partial charge is 0.305 e. The molecule has 3 rings (SSSR count). The second kappa shape index (κ2) is 8.93. The molecule has 1 aliphatic rings. The number of halogens is 1. The summed E-state index contributed by atoms with van der Waals surface area (Å²) in [6, 6.07) is 11.2. The Bertz CT molecular complexity index is 624. The van der Waals surface area contributed by atoms with Gasteiger partial charge in [-0.1, -0.05) is 36.5 Å². The Morgan fingerprint density at radius 3 is 2.96 bits per heavy atom. The lowest BCUT2D eigenvalue weighted by molar-refractivity contribution is 0.301. The molecule has 0 radical (unpaired) electrons. The number of likely N-dealkylation sites (N-methyl/N-ethyl adjacent to an activating group) is 1. The van der Waals surface area contributed by atoms with E-state index in [1.54, 1.807) is 10.9 Å². The third kappa shape index (κ3) is 4.87. The highest BCUT2D eigenvalue weighted by molar-refractivity contribution is 7.79. The highest BCUT2D eigenvalue weighted by Crippen LogP contribution is 2.32. The average Bonchev–Trinajstić information content (AvgIpc) is 3.06. The van der Waals surface area contributed by atoms with Crippen molar-refractivity contribution in [2.24, 2.45) is 0 Å². The molecule has 1 heterocycles. The summed E-state index contributed by atoms with van der Waals surface area (Å²) >= 11 is 6.93. The molecule has 1 atom stereocenters. The van der Waals surface area contributed by atoms with Crippen LogP contribution < -0.4 is 0 Å². The van der Waals surface area contributed by atoms with Crippen molar-refractivity contribution < 1.29 is 0 Å². The first-order valence-corrected chi connectivity index (χ1v) is 9.40. The highest BCUT2D eigenvalue weighted by atomic mass is 35.5. The van der Waals surface area contributed by atoms with Crippen molar-refractivity contribution in [3.63, 3.8) is 0 Å². The Balaban J connectivity index is 0.00000192. The predicted molar refractivity (Wildman–Crippen MR) is 108 cm³/mol. The van der Waals surface area contributed by atoms with Crippen LogP contribution in [-0.2, 0) is 12.8 Å². The molecule has 0 saturated heterocycles. The van der Waals surface area contributed by atoms with Gasteiger partial charge in [-0.2, -0.15) is 0 Å². The minimum atomic E-state index is 0. The molecule has 0 amide bonds. The number of hydrogen-bond acceptors (Lipinski definition) is 3. The first kappa shape index (κ1) is 18.6. The summed E-state index contributed by atoms with van der Waals surface area (Å²) in [5, 5.41) is 3.96. The van der Waals surface area contributed by atoms with Gasteiger partial charge in [-0.05, 0) is 66.8 Å². The maximum absolute atomic E-state index is 5.06. The van der Waals surface area contributed by atoms with Gasteiger partial charge >= 0.3 is 0 Å². The minimum absolute atomic E-state index is 0. The van der Waals surface area contributed by atoms with E-state index in [-0.39, 0.29) is 12.4 Å². The van der Waals surface area contributed by atoms with Crippen LogP contribution in [0.4, 0.5) is 0 Å². The maximum Gasteiger partial charge on any atom is 0.00862 e. The molecule has 1 nitrogen and oxygen atoms in total. The molecule has 1 aromatic carbocycles. The van der Waals surface area contributed by atoms with Crippen LogP contribution in [0.3, 0.4) is 0 Å². The number of nitrogens with zero attached hydrogens (tertiary/aromatic N) is 1. The second-order valence-corrected chi connectivity index (χ2v) is 7.52. The van der Waals surface area contributed by atoms with E-state index in [2.05, 4.69) is 47.7 Å². The van der Waals surface area contributed by atoms with Crippen molar-refractivity contribution in [3.05, 3.63) is 57.3 Å².